The lowest BCUT2D eigenvalue weighted by atomic mass is 9.87. The van der Waals surface area contributed by atoms with E-state index in [9.17, 15) is 4.39 Å². The van der Waals surface area contributed by atoms with Crippen molar-refractivity contribution >= 4 is 13.2 Å². The normalized spacial score (nSPS) is 22.6. The van der Waals surface area contributed by atoms with Gasteiger partial charge in [0.05, 0.1) is 16.9 Å². The molecule has 1 fully saturated rings. The van der Waals surface area contributed by atoms with Crippen LogP contribution in [0.25, 0.3) is 6.08 Å². The summed E-state index contributed by atoms with van der Waals surface area (Å²) in [6, 6.07) is 1.73. The zero-order valence-electron chi connectivity index (χ0n) is 11.4. The Bertz CT molecular complexity index is 466. The summed E-state index contributed by atoms with van der Waals surface area (Å²) >= 11 is 0. The van der Waals surface area contributed by atoms with Gasteiger partial charge in [-0.05, 0) is 39.8 Å². The lowest BCUT2D eigenvalue weighted by molar-refractivity contribution is 0.00578. The fourth-order valence-electron chi connectivity index (χ4n) is 1.67. The van der Waals surface area contributed by atoms with Crippen LogP contribution in [0.2, 0.25) is 0 Å². The summed E-state index contributed by atoms with van der Waals surface area (Å²) in [5, 5.41) is 4.08. The van der Waals surface area contributed by atoms with Gasteiger partial charge < -0.3 is 9.31 Å². The van der Waals surface area contributed by atoms with E-state index in [2.05, 4.69) is 5.10 Å². The first-order chi connectivity index (χ1) is 8.21. The van der Waals surface area contributed by atoms with Gasteiger partial charge in [-0.3, -0.25) is 4.68 Å². The highest BCUT2D eigenvalue weighted by Crippen LogP contribution is 2.38. The van der Waals surface area contributed by atoms with E-state index in [4.69, 9.17) is 9.31 Å². The average molecular weight is 252 g/mol. The molecule has 0 atom stereocenters. The van der Waals surface area contributed by atoms with Crippen molar-refractivity contribution in [1.82, 2.24) is 9.78 Å². The Morgan fingerprint density at radius 2 is 1.89 bits per heavy atom. The molecule has 1 saturated heterocycles. The molecule has 0 amide bonds. The van der Waals surface area contributed by atoms with Crippen LogP contribution in [0.15, 0.2) is 18.0 Å². The number of hydrogen-bond donors (Lipinski definition) is 0. The highest BCUT2D eigenvalue weighted by Gasteiger charge is 2.53. The van der Waals surface area contributed by atoms with E-state index in [1.165, 1.54) is 6.08 Å². The van der Waals surface area contributed by atoms with Gasteiger partial charge in [-0.1, -0.05) is 0 Å². The van der Waals surface area contributed by atoms with E-state index in [0.717, 1.165) is 0 Å². The number of aromatic nitrogens is 2. The van der Waals surface area contributed by atoms with E-state index in [1.54, 1.807) is 24.0 Å². The monoisotopic (exact) mass is 252 g/mol. The third-order valence-electron chi connectivity index (χ3n) is 3.50. The highest BCUT2D eigenvalue weighted by molar-refractivity contribution is 6.54. The Labute approximate surface area is 107 Å². The van der Waals surface area contributed by atoms with E-state index < -0.39 is 24.0 Å². The first-order valence-electron chi connectivity index (χ1n) is 5.94. The van der Waals surface area contributed by atoms with Gasteiger partial charge >= 0.3 is 7.12 Å². The lowest BCUT2D eigenvalue weighted by Crippen LogP contribution is -2.41. The molecule has 0 aromatic carbocycles. The summed E-state index contributed by atoms with van der Waals surface area (Å²) in [6.07, 6.45) is 3.09. The van der Waals surface area contributed by atoms with Crippen LogP contribution in [0, 0.1) is 0 Å². The summed E-state index contributed by atoms with van der Waals surface area (Å²) in [7, 11) is 0.821. The molecule has 98 valence electrons. The molecule has 6 heteroatoms. The number of halogens is 1. The van der Waals surface area contributed by atoms with Gasteiger partial charge in [-0.15, -0.1) is 0 Å². The molecule has 1 aliphatic heterocycles. The molecule has 18 heavy (non-hydrogen) atoms. The van der Waals surface area contributed by atoms with Crippen LogP contribution in [0.1, 0.15) is 33.4 Å². The zero-order chi connectivity index (χ0) is 13.6. The molecule has 0 aliphatic carbocycles. The van der Waals surface area contributed by atoms with Crippen LogP contribution in [-0.2, 0) is 16.4 Å². The smallest absolute Gasteiger partial charge is 0.398 e. The minimum Gasteiger partial charge on any atom is -0.398 e. The minimum atomic E-state index is -0.961. The van der Waals surface area contributed by atoms with E-state index in [-0.39, 0.29) is 0 Å². The predicted molar refractivity (Wildman–Crippen MR) is 68.4 cm³/mol. The fraction of sp³-hybridized carbons (Fsp3) is 0.583. The number of nitrogens with zero attached hydrogens (tertiary/aromatic N) is 2. The molecule has 4 nitrogen and oxygen atoms in total. The first-order valence-corrected chi connectivity index (χ1v) is 5.94. The van der Waals surface area contributed by atoms with Crippen molar-refractivity contribution in [2.75, 3.05) is 0 Å². The molecule has 0 N–H and O–H groups in total. The van der Waals surface area contributed by atoms with Crippen molar-refractivity contribution in [3.05, 3.63) is 23.7 Å². The van der Waals surface area contributed by atoms with Crippen LogP contribution in [-0.4, -0.2) is 28.1 Å². The molecule has 0 unspecified atom stereocenters. The third kappa shape index (κ3) is 2.35. The Balaban J connectivity index is 2.17. The van der Waals surface area contributed by atoms with Gasteiger partial charge in [-0.2, -0.15) is 5.10 Å². The Kier molecular flexibility index (Phi) is 3.11. The van der Waals surface area contributed by atoms with Gasteiger partial charge in [-0.25, -0.2) is 4.39 Å². The van der Waals surface area contributed by atoms with Gasteiger partial charge in [0.15, 0.2) is 0 Å². The number of rotatable bonds is 2. The van der Waals surface area contributed by atoms with Crippen molar-refractivity contribution < 1.29 is 13.7 Å². The fourth-order valence-corrected chi connectivity index (χ4v) is 1.67. The topological polar surface area (TPSA) is 36.3 Å². The maximum atomic E-state index is 14.1. The SMILES string of the molecule is Cn1ccc(C=C(F)B2OC(C)(C)C(C)(C)O2)n1. The molecule has 0 saturated carbocycles. The Hall–Kier alpha value is -1.14. The Morgan fingerprint density at radius 3 is 2.33 bits per heavy atom. The van der Waals surface area contributed by atoms with Crippen LogP contribution < -0.4 is 0 Å². The molecule has 1 aromatic heterocycles. The summed E-state index contributed by atoms with van der Waals surface area (Å²) in [5.74, 6) is 0. The summed E-state index contributed by atoms with van der Waals surface area (Å²) in [6.45, 7) is 7.56. The van der Waals surface area contributed by atoms with Gasteiger partial charge in [0.1, 0.15) is 5.73 Å². The molecule has 0 radical (unpaired) electrons. The second kappa shape index (κ2) is 4.21. The predicted octanol–water partition coefficient (Wildman–Crippen LogP) is 2.36. The van der Waals surface area contributed by atoms with Gasteiger partial charge in [0.25, 0.3) is 0 Å². The second-order valence-electron chi connectivity index (χ2n) is 5.53. The lowest BCUT2D eigenvalue weighted by Gasteiger charge is -2.32. The van der Waals surface area contributed by atoms with Crippen molar-refractivity contribution in [2.24, 2.45) is 7.05 Å². The van der Waals surface area contributed by atoms with Crippen LogP contribution >= 0.6 is 0 Å². The van der Waals surface area contributed by atoms with E-state index >= 15 is 0 Å². The van der Waals surface area contributed by atoms with Crippen molar-refractivity contribution in [2.45, 2.75) is 38.9 Å². The standard InChI is InChI=1S/C12H18BFN2O2/c1-11(2)12(3,4)18-13(17-11)10(14)8-9-6-7-16(5)15-9/h6-8H,1-5H3. The molecule has 2 rings (SSSR count). The first kappa shape index (κ1) is 13.3. The average Bonchev–Trinajstić information content (AvgIpc) is 2.70. The van der Waals surface area contributed by atoms with Crippen molar-refractivity contribution in [3.63, 3.8) is 0 Å². The summed E-state index contributed by atoms with van der Waals surface area (Å²) in [5.41, 5.74) is -0.989. The maximum Gasteiger partial charge on any atom is 0.525 e. The maximum absolute atomic E-state index is 14.1. The highest BCUT2D eigenvalue weighted by atomic mass is 19.1. The Morgan fingerprint density at radius 1 is 1.33 bits per heavy atom. The van der Waals surface area contributed by atoms with Crippen LogP contribution in [0.4, 0.5) is 4.39 Å². The molecule has 1 aromatic rings. The quantitative estimate of drug-likeness (QED) is 0.758. The summed E-state index contributed by atoms with van der Waals surface area (Å²) < 4.78 is 26.9. The van der Waals surface area contributed by atoms with Gasteiger partial charge in [0, 0.05) is 13.2 Å². The van der Waals surface area contributed by atoms with Crippen molar-refractivity contribution in [3.8, 4) is 0 Å². The molecule has 0 spiro atoms. The van der Waals surface area contributed by atoms with Gasteiger partial charge in [0.2, 0.25) is 0 Å². The molecule has 0 bridgehead atoms. The largest absolute Gasteiger partial charge is 0.525 e. The number of hydrogen-bond acceptors (Lipinski definition) is 3. The molecule has 2 heterocycles. The molecular formula is C12H18BFN2O2. The molecule has 1 aliphatic rings. The van der Waals surface area contributed by atoms with E-state index in [0.29, 0.717) is 5.69 Å². The van der Waals surface area contributed by atoms with Crippen LogP contribution in [0.3, 0.4) is 0 Å². The minimum absolute atomic E-state index is 0.465. The van der Waals surface area contributed by atoms with Crippen molar-refractivity contribution in [1.29, 1.82) is 0 Å². The number of aryl methyl sites for hydroxylation is 1. The zero-order valence-corrected chi connectivity index (χ0v) is 11.4. The van der Waals surface area contributed by atoms with E-state index in [1.807, 2.05) is 27.7 Å². The third-order valence-corrected chi connectivity index (χ3v) is 3.50. The van der Waals surface area contributed by atoms with Crippen LogP contribution in [0.5, 0.6) is 0 Å². The second-order valence-corrected chi connectivity index (χ2v) is 5.53. The summed E-state index contributed by atoms with van der Waals surface area (Å²) in [4.78, 5) is 0. The molecular weight excluding hydrogens is 234 g/mol.